The molecule has 3 aromatic rings. The number of rotatable bonds is 7. The number of hydrogen-bond donors (Lipinski definition) is 0. The van der Waals surface area contributed by atoms with Crippen molar-refractivity contribution < 1.29 is 18.7 Å². The highest BCUT2D eigenvalue weighted by molar-refractivity contribution is 9.10. The van der Waals surface area contributed by atoms with Gasteiger partial charge >= 0.3 is 5.97 Å². The normalized spacial score (nSPS) is 16.6. The van der Waals surface area contributed by atoms with Crippen molar-refractivity contribution in [2.75, 3.05) is 24.7 Å². The fraction of sp³-hybridized carbons (Fsp3) is 0.458. The van der Waals surface area contributed by atoms with Gasteiger partial charge in [0.05, 0.1) is 37.4 Å². The number of carbonyl (C=O) groups is 1. The van der Waals surface area contributed by atoms with Crippen LogP contribution in [-0.2, 0) is 14.3 Å². The topological polar surface area (TPSA) is 77.7 Å². The van der Waals surface area contributed by atoms with E-state index in [2.05, 4.69) is 31.9 Å². The molecule has 3 heterocycles. The average molecular weight is 502 g/mol. The van der Waals surface area contributed by atoms with Gasteiger partial charge in [-0.05, 0) is 51.8 Å². The Morgan fingerprint density at radius 1 is 1.31 bits per heavy atom. The van der Waals surface area contributed by atoms with Crippen molar-refractivity contribution in [3.63, 3.8) is 0 Å². The molecule has 1 atom stereocenters. The first-order chi connectivity index (χ1) is 15.3. The van der Waals surface area contributed by atoms with E-state index in [1.807, 2.05) is 39.0 Å². The maximum Gasteiger partial charge on any atom is 0.308 e. The van der Waals surface area contributed by atoms with Crippen LogP contribution in [0.3, 0.4) is 0 Å². The monoisotopic (exact) mass is 501 g/mol. The van der Waals surface area contributed by atoms with Crippen LogP contribution in [0.25, 0.3) is 22.2 Å². The average Bonchev–Trinajstić information content (AvgIpc) is 3.41. The predicted molar refractivity (Wildman–Crippen MR) is 127 cm³/mol. The van der Waals surface area contributed by atoms with E-state index >= 15 is 0 Å². The summed E-state index contributed by atoms with van der Waals surface area (Å²) in [5, 5.41) is 1.01. The van der Waals surface area contributed by atoms with Crippen molar-refractivity contribution in [1.29, 1.82) is 0 Å². The summed E-state index contributed by atoms with van der Waals surface area (Å²) in [5.41, 5.74) is 1.38. The van der Waals surface area contributed by atoms with Crippen LogP contribution in [-0.4, -0.2) is 47.3 Å². The lowest BCUT2D eigenvalue weighted by molar-refractivity contribution is -0.156. The van der Waals surface area contributed by atoms with Gasteiger partial charge in [-0.15, -0.1) is 0 Å². The van der Waals surface area contributed by atoms with E-state index in [1.165, 1.54) is 6.39 Å². The first-order valence-electron chi connectivity index (χ1n) is 10.9. The Labute approximate surface area is 196 Å². The molecule has 0 N–H and O–H groups in total. The summed E-state index contributed by atoms with van der Waals surface area (Å²) in [5.74, 6) is 1.37. The van der Waals surface area contributed by atoms with Gasteiger partial charge in [-0.3, -0.25) is 4.79 Å². The number of ether oxygens (including phenoxy) is 2. The van der Waals surface area contributed by atoms with Gasteiger partial charge in [0.25, 0.3) is 0 Å². The quantitative estimate of drug-likeness (QED) is 0.318. The van der Waals surface area contributed by atoms with Gasteiger partial charge in [0, 0.05) is 22.0 Å². The third-order valence-electron chi connectivity index (χ3n) is 5.31. The van der Waals surface area contributed by atoms with Crippen molar-refractivity contribution in [3.05, 3.63) is 41.3 Å². The number of aromatic nitrogens is 2. The molecule has 8 heteroatoms. The van der Waals surface area contributed by atoms with E-state index in [-0.39, 0.29) is 18.4 Å². The number of fused-ring (bicyclic) bond motifs is 1. The lowest BCUT2D eigenvalue weighted by Gasteiger charge is -2.26. The molecule has 0 unspecified atom stereocenters. The van der Waals surface area contributed by atoms with E-state index in [4.69, 9.17) is 18.9 Å². The highest BCUT2D eigenvalue weighted by Crippen LogP contribution is 2.34. The van der Waals surface area contributed by atoms with Gasteiger partial charge in [0.1, 0.15) is 11.4 Å². The molecule has 0 spiro atoms. The second kappa shape index (κ2) is 9.58. The molecule has 1 aromatic carbocycles. The molecular formula is C24H28BrN3O4. The van der Waals surface area contributed by atoms with Gasteiger partial charge in [-0.1, -0.05) is 22.0 Å². The number of nitrogens with zero attached hydrogens (tertiary/aromatic N) is 3. The molecule has 0 bridgehead atoms. The Morgan fingerprint density at radius 3 is 2.91 bits per heavy atom. The Balaban J connectivity index is 1.49. The Kier molecular flexibility index (Phi) is 6.81. The Bertz CT molecular complexity index is 1080. The molecule has 32 heavy (non-hydrogen) atoms. The second-order valence-corrected chi connectivity index (χ2v) is 9.87. The van der Waals surface area contributed by atoms with Gasteiger partial charge in [-0.25, -0.2) is 9.97 Å². The molecule has 2 aromatic heterocycles. The number of hydrogen-bond acceptors (Lipinski definition) is 7. The summed E-state index contributed by atoms with van der Waals surface area (Å²) in [7, 11) is 0. The first-order valence-corrected chi connectivity index (χ1v) is 11.6. The fourth-order valence-corrected chi connectivity index (χ4v) is 4.31. The van der Waals surface area contributed by atoms with Crippen LogP contribution in [0.2, 0.25) is 0 Å². The number of esters is 1. The minimum absolute atomic E-state index is 0.202. The Hall–Kier alpha value is -2.45. The smallest absolute Gasteiger partial charge is 0.308 e. The van der Waals surface area contributed by atoms with Crippen molar-refractivity contribution in [2.24, 2.45) is 0 Å². The number of benzene rings is 1. The summed E-state index contributed by atoms with van der Waals surface area (Å²) in [6.45, 7) is 7.39. The summed E-state index contributed by atoms with van der Waals surface area (Å²) >= 11 is 3.55. The largest absolute Gasteiger partial charge is 0.460 e. The van der Waals surface area contributed by atoms with Crippen molar-refractivity contribution in [2.45, 2.75) is 51.7 Å². The van der Waals surface area contributed by atoms with Gasteiger partial charge < -0.3 is 18.8 Å². The summed E-state index contributed by atoms with van der Waals surface area (Å²) in [4.78, 5) is 23.2. The van der Waals surface area contributed by atoms with E-state index in [0.717, 1.165) is 46.1 Å². The highest BCUT2D eigenvalue weighted by Gasteiger charge is 2.27. The standard InChI is InChI=1S/C24H28BrN3O4/c1-24(2,3)32-23(29)8-10-30-14-17-5-4-9-28(17)22-12-19(21-13-26-15-31-21)18-7-6-16(25)11-20(18)27-22/h6-7,11-13,15,17H,4-5,8-10,14H2,1-3H3/t17-/m0/s1. The minimum atomic E-state index is -0.475. The molecule has 1 saturated heterocycles. The lowest BCUT2D eigenvalue weighted by atomic mass is 10.1. The van der Waals surface area contributed by atoms with E-state index in [0.29, 0.717) is 19.0 Å². The second-order valence-electron chi connectivity index (χ2n) is 8.96. The predicted octanol–water partition coefficient (Wildman–Crippen LogP) is 5.37. The zero-order chi connectivity index (χ0) is 22.7. The highest BCUT2D eigenvalue weighted by atomic mass is 79.9. The zero-order valence-corrected chi connectivity index (χ0v) is 20.2. The molecule has 1 fully saturated rings. The minimum Gasteiger partial charge on any atom is -0.460 e. The van der Waals surface area contributed by atoms with Crippen molar-refractivity contribution in [1.82, 2.24) is 9.97 Å². The summed E-state index contributed by atoms with van der Waals surface area (Å²) in [6.07, 6.45) is 5.50. The Morgan fingerprint density at radius 2 is 2.16 bits per heavy atom. The molecule has 0 radical (unpaired) electrons. The SMILES string of the molecule is CC(C)(C)OC(=O)CCOC[C@@H]1CCCN1c1cc(-c2cnco2)c2ccc(Br)cc2n1. The number of carbonyl (C=O) groups excluding carboxylic acids is 1. The third kappa shape index (κ3) is 5.48. The molecule has 1 aliphatic rings. The van der Waals surface area contributed by atoms with Crippen LogP contribution in [0.5, 0.6) is 0 Å². The number of oxazole rings is 1. The van der Waals surface area contributed by atoms with Crippen molar-refractivity contribution in [3.8, 4) is 11.3 Å². The van der Waals surface area contributed by atoms with Crippen LogP contribution >= 0.6 is 15.9 Å². The molecule has 4 rings (SSSR count). The van der Waals surface area contributed by atoms with Gasteiger partial charge in [-0.2, -0.15) is 0 Å². The maximum atomic E-state index is 11.9. The molecule has 170 valence electrons. The van der Waals surface area contributed by atoms with Gasteiger partial charge in [0.2, 0.25) is 0 Å². The van der Waals surface area contributed by atoms with E-state index in [1.54, 1.807) is 6.20 Å². The van der Waals surface area contributed by atoms with Crippen LogP contribution < -0.4 is 4.90 Å². The third-order valence-corrected chi connectivity index (χ3v) is 5.80. The maximum absolute atomic E-state index is 11.9. The van der Waals surface area contributed by atoms with Crippen LogP contribution in [0.4, 0.5) is 5.82 Å². The first kappa shape index (κ1) is 22.7. The van der Waals surface area contributed by atoms with Crippen LogP contribution in [0.15, 0.2) is 45.7 Å². The number of pyridine rings is 1. The van der Waals surface area contributed by atoms with Gasteiger partial charge in [0.15, 0.2) is 12.2 Å². The van der Waals surface area contributed by atoms with Crippen LogP contribution in [0, 0.1) is 0 Å². The molecule has 0 saturated carbocycles. The molecule has 0 amide bonds. The van der Waals surface area contributed by atoms with E-state index < -0.39 is 5.60 Å². The van der Waals surface area contributed by atoms with Crippen molar-refractivity contribution >= 4 is 38.6 Å². The van der Waals surface area contributed by atoms with E-state index in [9.17, 15) is 4.79 Å². The van der Waals surface area contributed by atoms with Crippen LogP contribution in [0.1, 0.15) is 40.0 Å². The molecular weight excluding hydrogens is 474 g/mol. The molecule has 7 nitrogen and oxygen atoms in total. The number of anilines is 1. The summed E-state index contributed by atoms with van der Waals surface area (Å²) in [6, 6.07) is 8.32. The fourth-order valence-electron chi connectivity index (χ4n) is 3.97. The summed E-state index contributed by atoms with van der Waals surface area (Å²) < 4.78 is 17.8. The molecule has 1 aliphatic heterocycles. The lowest BCUT2D eigenvalue weighted by Crippen LogP contribution is -2.34. The molecule has 0 aliphatic carbocycles. The zero-order valence-electron chi connectivity index (χ0n) is 18.6. The number of halogens is 1.